The van der Waals surface area contributed by atoms with Gasteiger partial charge in [-0.15, -0.1) is 0 Å². The minimum atomic E-state index is -1.11. The topological polar surface area (TPSA) is 80.9 Å². The Labute approximate surface area is 72.3 Å². The van der Waals surface area contributed by atoms with Gasteiger partial charge in [-0.1, -0.05) is 0 Å². The molecule has 0 spiro atoms. The SMILES string of the molecule is OCC(CO)(CO)CO.[Rh]. The van der Waals surface area contributed by atoms with Gasteiger partial charge in [-0.05, 0) is 0 Å². The number of hydrogen-bond acceptors (Lipinski definition) is 4. The van der Waals surface area contributed by atoms with Crippen LogP contribution >= 0.6 is 0 Å². The molecule has 0 aliphatic rings. The second-order valence-corrected chi connectivity index (χ2v) is 2.13. The quantitative estimate of drug-likeness (QED) is 0.425. The smallest absolute Gasteiger partial charge is 0.0627 e. The zero-order chi connectivity index (χ0) is 7.33. The number of aliphatic hydroxyl groups excluding tert-OH is 4. The normalized spacial score (nSPS) is 10.8. The van der Waals surface area contributed by atoms with Crippen LogP contribution in [0.15, 0.2) is 0 Å². The van der Waals surface area contributed by atoms with E-state index in [0.29, 0.717) is 0 Å². The fourth-order valence-electron chi connectivity index (χ4n) is 0.300. The van der Waals surface area contributed by atoms with Crippen LogP contribution in [0.25, 0.3) is 0 Å². The van der Waals surface area contributed by atoms with Crippen molar-refractivity contribution in [1.82, 2.24) is 0 Å². The summed E-state index contributed by atoms with van der Waals surface area (Å²) in [6, 6.07) is 0. The van der Waals surface area contributed by atoms with E-state index in [2.05, 4.69) is 0 Å². The molecule has 0 aliphatic heterocycles. The molecule has 4 N–H and O–H groups in total. The van der Waals surface area contributed by atoms with Crippen molar-refractivity contribution in [3.05, 3.63) is 0 Å². The summed E-state index contributed by atoms with van der Waals surface area (Å²) < 4.78 is 0. The summed E-state index contributed by atoms with van der Waals surface area (Å²) in [5.74, 6) is 0. The summed E-state index contributed by atoms with van der Waals surface area (Å²) in [5, 5.41) is 34.0. The standard InChI is InChI=1S/C5H12O4.Rh/c6-1-5(2-7,3-8)4-9;/h6-9H,1-4H2;. The molecule has 4 nitrogen and oxygen atoms in total. The van der Waals surface area contributed by atoms with E-state index in [1.54, 1.807) is 0 Å². The van der Waals surface area contributed by atoms with Crippen molar-refractivity contribution in [1.29, 1.82) is 0 Å². The first-order valence-corrected chi connectivity index (χ1v) is 2.68. The monoisotopic (exact) mass is 239 g/mol. The van der Waals surface area contributed by atoms with Crippen LogP contribution in [0.4, 0.5) is 0 Å². The van der Waals surface area contributed by atoms with Gasteiger partial charge in [0.15, 0.2) is 0 Å². The van der Waals surface area contributed by atoms with Crippen molar-refractivity contribution >= 4 is 0 Å². The average Bonchev–Trinajstić information content (AvgIpc) is 1.95. The zero-order valence-corrected chi connectivity index (χ0v) is 7.09. The van der Waals surface area contributed by atoms with Crippen LogP contribution in [0.3, 0.4) is 0 Å². The van der Waals surface area contributed by atoms with Crippen LogP contribution in [-0.4, -0.2) is 46.9 Å². The average molecular weight is 239 g/mol. The van der Waals surface area contributed by atoms with Gasteiger partial charge in [0.1, 0.15) is 0 Å². The van der Waals surface area contributed by atoms with E-state index >= 15 is 0 Å². The molecule has 0 bridgehead atoms. The first-order valence-electron chi connectivity index (χ1n) is 2.68. The molecule has 1 radical (unpaired) electrons. The van der Waals surface area contributed by atoms with E-state index in [1.807, 2.05) is 0 Å². The van der Waals surface area contributed by atoms with Gasteiger partial charge in [0.2, 0.25) is 0 Å². The summed E-state index contributed by atoms with van der Waals surface area (Å²) >= 11 is 0. The minimum absolute atomic E-state index is 0. The van der Waals surface area contributed by atoms with Crippen molar-refractivity contribution in [2.75, 3.05) is 26.4 Å². The maximum Gasteiger partial charge on any atom is 0.0627 e. The van der Waals surface area contributed by atoms with Gasteiger partial charge in [-0.2, -0.15) is 0 Å². The first kappa shape index (κ1) is 13.1. The summed E-state index contributed by atoms with van der Waals surface area (Å²) in [6.45, 7) is -1.62. The van der Waals surface area contributed by atoms with Crippen molar-refractivity contribution in [2.24, 2.45) is 5.41 Å². The molecule has 0 fully saturated rings. The second-order valence-electron chi connectivity index (χ2n) is 2.13. The molecule has 0 amide bonds. The van der Waals surface area contributed by atoms with Crippen molar-refractivity contribution in [3.63, 3.8) is 0 Å². The number of rotatable bonds is 4. The fourth-order valence-corrected chi connectivity index (χ4v) is 0.300. The molecule has 0 saturated carbocycles. The van der Waals surface area contributed by atoms with Gasteiger partial charge in [-0.25, -0.2) is 0 Å². The molecular formula is C5H12O4Rh. The van der Waals surface area contributed by atoms with E-state index in [1.165, 1.54) is 0 Å². The second kappa shape index (κ2) is 6.19. The van der Waals surface area contributed by atoms with Crippen LogP contribution in [-0.2, 0) is 19.5 Å². The Balaban J connectivity index is 0. The Morgan fingerprint density at radius 3 is 0.900 bits per heavy atom. The maximum atomic E-state index is 8.50. The Bertz CT molecular complexity index is 56.5. The minimum Gasteiger partial charge on any atom is -0.396 e. The van der Waals surface area contributed by atoms with Gasteiger partial charge >= 0.3 is 0 Å². The van der Waals surface area contributed by atoms with Gasteiger partial charge < -0.3 is 20.4 Å². The number of hydrogen-bond donors (Lipinski definition) is 4. The fraction of sp³-hybridized carbons (Fsp3) is 1.00. The molecule has 0 saturated heterocycles. The third-order valence-corrected chi connectivity index (χ3v) is 1.34. The molecule has 65 valence electrons. The van der Waals surface area contributed by atoms with Crippen LogP contribution in [0.1, 0.15) is 0 Å². The van der Waals surface area contributed by atoms with Crippen LogP contribution in [0.2, 0.25) is 0 Å². The van der Waals surface area contributed by atoms with Crippen molar-refractivity contribution in [3.8, 4) is 0 Å². The van der Waals surface area contributed by atoms with E-state index < -0.39 is 31.8 Å². The Hall–Kier alpha value is 0.463. The van der Waals surface area contributed by atoms with E-state index in [4.69, 9.17) is 20.4 Å². The Morgan fingerprint density at radius 1 is 0.700 bits per heavy atom. The molecule has 0 atom stereocenters. The maximum absolute atomic E-state index is 8.50. The molecule has 0 aliphatic carbocycles. The molecule has 0 aromatic heterocycles. The predicted octanol–water partition coefficient (Wildman–Crippen LogP) is -2.06. The first-order chi connectivity index (χ1) is 4.24. The Kier molecular flexibility index (Phi) is 8.10. The summed E-state index contributed by atoms with van der Waals surface area (Å²) in [6.07, 6.45) is 0. The largest absolute Gasteiger partial charge is 0.396 e. The summed E-state index contributed by atoms with van der Waals surface area (Å²) in [5.41, 5.74) is -1.11. The van der Waals surface area contributed by atoms with Crippen LogP contribution in [0.5, 0.6) is 0 Å². The van der Waals surface area contributed by atoms with Gasteiger partial charge in [0.25, 0.3) is 0 Å². The molecule has 0 heterocycles. The van der Waals surface area contributed by atoms with E-state index in [0.717, 1.165) is 0 Å². The third kappa shape index (κ3) is 3.03. The molecule has 0 aromatic rings. The Morgan fingerprint density at radius 2 is 0.900 bits per heavy atom. The van der Waals surface area contributed by atoms with Crippen molar-refractivity contribution < 1.29 is 39.9 Å². The van der Waals surface area contributed by atoms with E-state index in [9.17, 15) is 0 Å². The van der Waals surface area contributed by atoms with Crippen LogP contribution < -0.4 is 0 Å². The molecule has 0 unspecified atom stereocenters. The zero-order valence-electron chi connectivity index (χ0n) is 5.45. The molecule has 0 aromatic carbocycles. The molecule has 5 heteroatoms. The van der Waals surface area contributed by atoms with Crippen molar-refractivity contribution in [2.45, 2.75) is 0 Å². The molecular weight excluding hydrogens is 227 g/mol. The summed E-state index contributed by atoms with van der Waals surface area (Å²) in [7, 11) is 0. The van der Waals surface area contributed by atoms with Crippen LogP contribution in [0, 0.1) is 5.41 Å². The summed E-state index contributed by atoms with van der Waals surface area (Å²) in [4.78, 5) is 0. The molecule has 10 heavy (non-hydrogen) atoms. The van der Waals surface area contributed by atoms with Gasteiger partial charge in [0.05, 0.1) is 31.8 Å². The third-order valence-electron chi connectivity index (χ3n) is 1.34. The predicted molar refractivity (Wildman–Crippen MR) is 30.8 cm³/mol. The van der Waals surface area contributed by atoms with E-state index in [-0.39, 0.29) is 19.5 Å². The molecule has 0 rings (SSSR count). The number of aliphatic hydroxyl groups is 4. The van der Waals surface area contributed by atoms with Gasteiger partial charge in [-0.3, -0.25) is 0 Å². The van der Waals surface area contributed by atoms with Gasteiger partial charge in [0, 0.05) is 19.5 Å².